The van der Waals surface area contributed by atoms with Gasteiger partial charge in [0, 0.05) is 6.42 Å². The highest BCUT2D eigenvalue weighted by Gasteiger charge is 2.03. The van der Waals surface area contributed by atoms with E-state index in [2.05, 4.69) is 27.1 Å². The Morgan fingerprint density at radius 3 is 2.53 bits per heavy atom. The van der Waals surface area contributed by atoms with Crippen LogP contribution in [0.15, 0.2) is 35.5 Å². The van der Waals surface area contributed by atoms with Crippen LogP contribution in [0.3, 0.4) is 0 Å². The Balaban J connectivity index is 2.06. The van der Waals surface area contributed by atoms with Gasteiger partial charge in [-0.25, -0.2) is 4.98 Å². The lowest BCUT2D eigenvalue weighted by Gasteiger charge is -2.03. The highest BCUT2D eigenvalue weighted by molar-refractivity contribution is 7.98. The van der Waals surface area contributed by atoms with E-state index in [1.165, 1.54) is 17.3 Å². The number of aromatic nitrogens is 3. The zero-order chi connectivity index (χ0) is 12.1. The van der Waals surface area contributed by atoms with Crippen molar-refractivity contribution in [1.82, 2.24) is 15.0 Å². The summed E-state index contributed by atoms with van der Waals surface area (Å²) in [5.74, 6) is 1.05. The summed E-state index contributed by atoms with van der Waals surface area (Å²) in [6.45, 7) is 0. The molecule has 0 saturated heterocycles. The van der Waals surface area contributed by atoms with Gasteiger partial charge in [-0.1, -0.05) is 42.1 Å². The maximum Gasteiger partial charge on any atom is 0.224 e. The molecule has 0 fully saturated rings. The summed E-state index contributed by atoms with van der Waals surface area (Å²) in [6, 6.07) is 10.3. The zero-order valence-electron chi connectivity index (χ0n) is 9.63. The van der Waals surface area contributed by atoms with Crippen molar-refractivity contribution >= 4 is 17.7 Å². The predicted octanol–water partition coefficient (Wildman–Crippen LogP) is 1.96. The summed E-state index contributed by atoms with van der Waals surface area (Å²) in [5.41, 5.74) is 6.90. The van der Waals surface area contributed by atoms with E-state index in [0.29, 0.717) is 11.1 Å². The first-order valence-electron chi connectivity index (χ1n) is 5.36. The highest BCUT2D eigenvalue weighted by atomic mass is 32.2. The van der Waals surface area contributed by atoms with E-state index >= 15 is 0 Å². The molecule has 1 aromatic heterocycles. The normalized spacial score (nSPS) is 10.4. The molecule has 1 aromatic carbocycles. The van der Waals surface area contributed by atoms with Gasteiger partial charge in [0.25, 0.3) is 0 Å². The molecule has 2 rings (SSSR count). The number of aryl methyl sites for hydroxylation is 2. The molecule has 4 nitrogen and oxygen atoms in total. The lowest BCUT2D eigenvalue weighted by Crippen LogP contribution is -2.05. The van der Waals surface area contributed by atoms with Gasteiger partial charge in [-0.3, -0.25) is 0 Å². The molecule has 0 spiro atoms. The van der Waals surface area contributed by atoms with Crippen LogP contribution in [0.4, 0.5) is 5.95 Å². The first-order valence-corrected chi connectivity index (χ1v) is 6.59. The molecule has 88 valence electrons. The number of benzene rings is 1. The third-order valence-electron chi connectivity index (χ3n) is 2.34. The topological polar surface area (TPSA) is 64.7 Å². The van der Waals surface area contributed by atoms with Gasteiger partial charge in [0.15, 0.2) is 5.16 Å². The van der Waals surface area contributed by atoms with Gasteiger partial charge in [-0.05, 0) is 18.2 Å². The van der Waals surface area contributed by atoms with Gasteiger partial charge < -0.3 is 5.73 Å². The van der Waals surface area contributed by atoms with Crippen molar-refractivity contribution in [1.29, 1.82) is 0 Å². The van der Waals surface area contributed by atoms with E-state index in [1.54, 1.807) is 0 Å². The highest BCUT2D eigenvalue weighted by Crippen LogP contribution is 2.11. The number of rotatable bonds is 4. The lowest BCUT2D eigenvalue weighted by atomic mass is 10.1. The minimum Gasteiger partial charge on any atom is -0.368 e. The second-order valence-corrected chi connectivity index (χ2v) is 4.36. The Hall–Kier alpha value is -1.62. The van der Waals surface area contributed by atoms with Crippen molar-refractivity contribution in [2.75, 3.05) is 12.0 Å². The van der Waals surface area contributed by atoms with Crippen LogP contribution in [0.2, 0.25) is 0 Å². The molecular weight excluding hydrogens is 232 g/mol. The summed E-state index contributed by atoms with van der Waals surface area (Å²) < 4.78 is 0. The molecule has 0 aliphatic rings. The van der Waals surface area contributed by atoms with Gasteiger partial charge in [0.05, 0.1) is 0 Å². The fourth-order valence-electron chi connectivity index (χ4n) is 1.52. The molecule has 0 bridgehead atoms. The Morgan fingerprint density at radius 2 is 1.82 bits per heavy atom. The van der Waals surface area contributed by atoms with E-state index < -0.39 is 0 Å². The molecule has 1 heterocycles. The third-order valence-corrected chi connectivity index (χ3v) is 2.89. The molecule has 17 heavy (non-hydrogen) atoms. The van der Waals surface area contributed by atoms with E-state index in [-0.39, 0.29) is 0 Å². The lowest BCUT2D eigenvalue weighted by molar-refractivity contribution is 0.789. The summed E-state index contributed by atoms with van der Waals surface area (Å²) in [7, 11) is 0. The second kappa shape index (κ2) is 5.63. The Morgan fingerprint density at radius 1 is 1.06 bits per heavy atom. The number of anilines is 1. The first kappa shape index (κ1) is 11.9. The summed E-state index contributed by atoms with van der Waals surface area (Å²) in [5, 5.41) is 0.681. The summed E-state index contributed by atoms with van der Waals surface area (Å²) in [4.78, 5) is 12.5. The maximum atomic E-state index is 5.63. The van der Waals surface area contributed by atoms with Gasteiger partial charge in [0.2, 0.25) is 5.95 Å². The standard InChI is InChI=1S/C12H14N4S/c1-17-12-15-10(14-11(13)16-12)8-7-9-5-3-2-4-6-9/h2-6H,7-8H2,1H3,(H2,13,14,15,16). The van der Waals surface area contributed by atoms with E-state index in [4.69, 9.17) is 5.73 Å². The SMILES string of the molecule is CSc1nc(N)nc(CCc2ccccc2)n1. The van der Waals surface area contributed by atoms with Gasteiger partial charge in [-0.15, -0.1) is 0 Å². The van der Waals surface area contributed by atoms with E-state index in [9.17, 15) is 0 Å². The molecule has 0 aliphatic heterocycles. The van der Waals surface area contributed by atoms with Crippen LogP contribution in [0.5, 0.6) is 0 Å². The molecular formula is C12H14N4S. The third kappa shape index (κ3) is 3.42. The van der Waals surface area contributed by atoms with Crippen LogP contribution >= 0.6 is 11.8 Å². The minimum atomic E-state index is 0.299. The Bertz CT molecular complexity index is 487. The van der Waals surface area contributed by atoms with Crippen molar-refractivity contribution in [3.8, 4) is 0 Å². The van der Waals surface area contributed by atoms with Gasteiger partial charge in [0.1, 0.15) is 5.82 Å². The molecule has 5 heteroatoms. The quantitative estimate of drug-likeness (QED) is 0.835. The van der Waals surface area contributed by atoms with Crippen molar-refractivity contribution in [2.24, 2.45) is 0 Å². The van der Waals surface area contributed by atoms with Crippen LogP contribution in [0, 0.1) is 0 Å². The van der Waals surface area contributed by atoms with Crippen LogP contribution in [0.25, 0.3) is 0 Å². The molecule has 0 amide bonds. The Labute approximate surface area is 105 Å². The number of nitrogens with zero attached hydrogens (tertiary/aromatic N) is 3. The van der Waals surface area contributed by atoms with Crippen molar-refractivity contribution in [3.05, 3.63) is 41.7 Å². The Kier molecular flexibility index (Phi) is 3.93. The summed E-state index contributed by atoms with van der Waals surface area (Å²) in [6.07, 6.45) is 3.62. The van der Waals surface area contributed by atoms with E-state index in [0.717, 1.165) is 18.7 Å². The van der Waals surface area contributed by atoms with Gasteiger partial charge >= 0.3 is 0 Å². The predicted molar refractivity (Wildman–Crippen MR) is 69.9 cm³/mol. The fourth-order valence-corrected chi connectivity index (χ4v) is 1.90. The zero-order valence-corrected chi connectivity index (χ0v) is 10.4. The monoisotopic (exact) mass is 246 g/mol. The molecule has 2 aromatic rings. The number of hydrogen-bond donors (Lipinski definition) is 1. The number of nitrogen functional groups attached to an aromatic ring is 1. The number of thioether (sulfide) groups is 1. The average Bonchev–Trinajstić information content (AvgIpc) is 2.37. The van der Waals surface area contributed by atoms with Crippen molar-refractivity contribution < 1.29 is 0 Å². The van der Waals surface area contributed by atoms with Crippen LogP contribution in [-0.2, 0) is 12.8 Å². The molecule has 0 aliphatic carbocycles. The van der Waals surface area contributed by atoms with Gasteiger partial charge in [-0.2, -0.15) is 9.97 Å². The van der Waals surface area contributed by atoms with Crippen LogP contribution in [-0.4, -0.2) is 21.2 Å². The molecule has 0 unspecified atom stereocenters. The van der Waals surface area contributed by atoms with Crippen molar-refractivity contribution in [3.63, 3.8) is 0 Å². The average molecular weight is 246 g/mol. The second-order valence-electron chi connectivity index (χ2n) is 3.58. The molecule has 2 N–H and O–H groups in total. The fraction of sp³-hybridized carbons (Fsp3) is 0.250. The largest absolute Gasteiger partial charge is 0.368 e. The molecule has 0 atom stereocenters. The first-order chi connectivity index (χ1) is 8.28. The number of nitrogens with two attached hydrogens (primary N) is 1. The number of hydrogen-bond acceptors (Lipinski definition) is 5. The van der Waals surface area contributed by atoms with Crippen LogP contribution in [0.1, 0.15) is 11.4 Å². The maximum absolute atomic E-state index is 5.63. The van der Waals surface area contributed by atoms with E-state index in [1.807, 2.05) is 24.5 Å². The summed E-state index contributed by atoms with van der Waals surface area (Å²) >= 11 is 1.48. The van der Waals surface area contributed by atoms with Crippen LogP contribution < -0.4 is 5.73 Å². The van der Waals surface area contributed by atoms with Crippen molar-refractivity contribution in [2.45, 2.75) is 18.0 Å². The minimum absolute atomic E-state index is 0.299. The molecule has 0 radical (unpaired) electrons. The molecule has 0 saturated carbocycles. The smallest absolute Gasteiger partial charge is 0.224 e.